The van der Waals surface area contributed by atoms with E-state index in [0.29, 0.717) is 11.8 Å². The van der Waals surface area contributed by atoms with E-state index in [1.807, 2.05) is 0 Å². The Morgan fingerprint density at radius 3 is 2.25 bits per heavy atom. The maximum absolute atomic E-state index is 10.9. The van der Waals surface area contributed by atoms with Crippen molar-refractivity contribution in [3.63, 3.8) is 0 Å². The summed E-state index contributed by atoms with van der Waals surface area (Å²) in [5.41, 5.74) is 0. The SMILES string of the molecule is O=C(O)C(C1CCC1)C1CNC1. The normalized spacial score (nSPS) is 27.3. The molecular formula is C9H15NO2. The van der Waals surface area contributed by atoms with Crippen molar-refractivity contribution in [3.8, 4) is 0 Å². The Balaban J connectivity index is 1.95. The van der Waals surface area contributed by atoms with Crippen LogP contribution in [0.4, 0.5) is 0 Å². The van der Waals surface area contributed by atoms with E-state index in [-0.39, 0.29) is 5.92 Å². The number of carbonyl (C=O) groups is 1. The zero-order chi connectivity index (χ0) is 8.55. The molecule has 2 rings (SSSR count). The van der Waals surface area contributed by atoms with E-state index in [9.17, 15) is 4.79 Å². The topological polar surface area (TPSA) is 49.3 Å². The molecule has 1 aliphatic carbocycles. The molecular weight excluding hydrogens is 154 g/mol. The minimum absolute atomic E-state index is 0.0556. The fourth-order valence-electron chi connectivity index (χ4n) is 2.15. The average molecular weight is 169 g/mol. The first kappa shape index (κ1) is 8.05. The van der Waals surface area contributed by atoms with Gasteiger partial charge in [0.15, 0.2) is 0 Å². The van der Waals surface area contributed by atoms with E-state index in [1.54, 1.807) is 0 Å². The molecule has 1 heterocycles. The zero-order valence-electron chi connectivity index (χ0n) is 7.12. The van der Waals surface area contributed by atoms with Crippen molar-refractivity contribution in [3.05, 3.63) is 0 Å². The highest BCUT2D eigenvalue weighted by atomic mass is 16.4. The van der Waals surface area contributed by atoms with Gasteiger partial charge in [0, 0.05) is 13.1 Å². The monoisotopic (exact) mass is 169 g/mol. The van der Waals surface area contributed by atoms with Crippen LogP contribution in [0.5, 0.6) is 0 Å². The van der Waals surface area contributed by atoms with Crippen LogP contribution in [0.15, 0.2) is 0 Å². The number of hydrogen-bond acceptors (Lipinski definition) is 2. The minimum atomic E-state index is -0.578. The summed E-state index contributed by atoms with van der Waals surface area (Å²) in [5, 5.41) is 12.2. The van der Waals surface area contributed by atoms with Gasteiger partial charge in [-0.2, -0.15) is 0 Å². The molecule has 1 aliphatic heterocycles. The molecule has 1 unspecified atom stereocenters. The Morgan fingerprint density at radius 2 is 2.00 bits per heavy atom. The van der Waals surface area contributed by atoms with E-state index >= 15 is 0 Å². The summed E-state index contributed by atoms with van der Waals surface area (Å²) in [6, 6.07) is 0. The standard InChI is InChI=1S/C9H15NO2/c11-9(12)8(6-2-1-3-6)7-4-10-5-7/h6-8,10H,1-5H2,(H,11,12). The van der Waals surface area contributed by atoms with E-state index in [4.69, 9.17) is 5.11 Å². The first-order valence-corrected chi connectivity index (χ1v) is 4.72. The first-order chi connectivity index (χ1) is 5.79. The Hall–Kier alpha value is -0.570. The Morgan fingerprint density at radius 1 is 1.33 bits per heavy atom. The van der Waals surface area contributed by atoms with E-state index in [1.165, 1.54) is 6.42 Å². The van der Waals surface area contributed by atoms with Crippen molar-refractivity contribution in [2.75, 3.05) is 13.1 Å². The molecule has 1 saturated carbocycles. The second-order valence-corrected chi connectivity index (χ2v) is 3.97. The third-order valence-corrected chi connectivity index (χ3v) is 3.26. The molecule has 3 nitrogen and oxygen atoms in total. The average Bonchev–Trinajstić information content (AvgIpc) is 1.77. The smallest absolute Gasteiger partial charge is 0.307 e. The summed E-state index contributed by atoms with van der Waals surface area (Å²) in [6.07, 6.45) is 3.50. The van der Waals surface area contributed by atoms with Crippen LogP contribution >= 0.6 is 0 Å². The molecule has 2 N–H and O–H groups in total. The lowest BCUT2D eigenvalue weighted by Gasteiger charge is -2.40. The van der Waals surface area contributed by atoms with Crippen LogP contribution in [0, 0.1) is 17.8 Å². The summed E-state index contributed by atoms with van der Waals surface area (Å²) < 4.78 is 0. The van der Waals surface area contributed by atoms with Crippen molar-refractivity contribution in [2.24, 2.45) is 17.8 Å². The Labute approximate surface area is 72.2 Å². The second kappa shape index (κ2) is 3.05. The zero-order valence-corrected chi connectivity index (χ0v) is 7.12. The van der Waals surface area contributed by atoms with Gasteiger partial charge in [-0.15, -0.1) is 0 Å². The molecule has 0 amide bonds. The van der Waals surface area contributed by atoms with Gasteiger partial charge in [-0.1, -0.05) is 6.42 Å². The van der Waals surface area contributed by atoms with Gasteiger partial charge in [0.05, 0.1) is 5.92 Å². The lowest BCUT2D eigenvalue weighted by molar-refractivity contribution is -0.148. The number of rotatable bonds is 3. The molecule has 2 aliphatic rings. The Bertz CT molecular complexity index is 171. The molecule has 0 radical (unpaired) electrons. The van der Waals surface area contributed by atoms with E-state index < -0.39 is 5.97 Å². The fourth-order valence-corrected chi connectivity index (χ4v) is 2.15. The maximum Gasteiger partial charge on any atom is 0.307 e. The maximum atomic E-state index is 10.9. The van der Waals surface area contributed by atoms with Crippen molar-refractivity contribution < 1.29 is 9.90 Å². The molecule has 0 aromatic heterocycles. The number of carboxylic acids is 1. The first-order valence-electron chi connectivity index (χ1n) is 4.72. The Kier molecular flexibility index (Phi) is 2.05. The van der Waals surface area contributed by atoms with Crippen LogP contribution in [-0.2, 0) is 4.79 Å². The molecule has 12 heavy (non-hydrogen) atoms. The van der Waals surface area contributed by atoms with E-state index in [0.717, 1.165) is 25.9 Å². The van der Waals surface area contributed by atoms with Gasteiger partial charge in [0.1, 0.15) is 0 Å². The third-order valence-electron chi connectivity index (χ3n) is 3.26. The minimum Gasteiger partial charge on any atom is -0.481 e. The predicted molar refractivity (Wildman–Crippen MR) is 44.8 cm³/mol. The number of carboxylic acid groups (broad SMARTS) is 1. The van der Waals surface area contributed by atoms with Gasteiger partial charge in [-0.3, -0.25) is 4.79 Å². The molecule has 0 spiro atoms. The summed E-state index contributed by atoms with van der Waals surface area (Å²) in [5.74, 6) is 0.258. The van der Waals surface area contributed by atoms with E-state index in [2.05, 4.69) is 5.32 Å². The van der Waals surface area contributed by atoms with Gasteiger partial charge in [-0.25, -0.2) is 0 Å². The lowest BCUT2D eigenvalue weighted by Crippen LogP contribution is -2.51. The number of aliphatic carboxylic acids is 1. The van der Waals surface area contributed by atoms with Gasteiger partial charge in [0.2, 0.25) is 0 Å². The number of hydrogen-bond donors (Lipinski definition) is 2. The molecule has 0 bridgehead atoms. The molecule has 1 atom stereocenters. The third kappa shape index (κ3) is 1.22. The molecule has 68 valence electrons. The number of nitrogens with one attached hydrogen (secondary N) is 1. The van der Waals surface area contributed by atoms with Crippen molar-refractivity contribution >= 4 is 5.97 Å². The summed E-state index contributed by atoms with van der Waals surface area (Å²) in [7, 11) is 0. The van der Waals surface area contributed by atoms with Gasteiger partial charge in [0.25, 0.3) is 0 Å². The van der Waals surface area contributed by atoms with Crippen LogP contribution in [0.25, 0.3) is 0 Å². The summed E-state index contributed by atoms with van der Waals surface area (Å²) in [4.78, 5) is 10.9. The summed E-state index contributed by atoms with van der Waals surface area (Å²) in [6.45, 7) is 1.82. The highest BCUT2D eigenvalue weighted by molar-refractivity contribution is 5.71. The molecule has 3 heteroatoms. The van der Waals surface area contributed by atoms with Crippen molar-refractivity contribution in [1.82, 2.24) is 5.32 Å². The van der Waals surface area contributed by atoms with Crippen LogP contribution in [0.3, 0.4) is 0 Å². The molecule has 1 saturated heterocycles. The highest BCUT2D eigenvalue weighted by Crippen LogP contribution is 2.38. The molecule has 2 fully saturated rings. The van der Waals surface area contributed by atoms with Crippen molar-refractivity contribution in [2.45, 2.75) is 19.3 Å². The second-order valence-electron chi connectivity index (χ2n) is 3.97. The fraction of sp³-hybridized carbons (Fsp3) is 0.889. The summed E-state index contributed by atoms with van der Waals surface area (Å²) >= 11 is 0. The van der Waals surface area contributed by atoms with Gasteiger partial charge >= 0.3 is 5.97 Å². The quantitative estimate of drug-likeness (QED) is 0.654. The molecule has 0 aromatic carbocycles. The largest absolute Gasteiger partial charge is 0.481 e. The highest BCUT2D eigenvalue weighted by Gasteiger charge is 2.40. The van der Waals surface area contributed by atoms with Crippen LogP contribution in [-0.4, -0.2) is 24.2 Å². The molecule has 0 aromatic rings. The predicted octanol–water partition coefficient (Wildman–Crippen LogP) is 0.707. The van der Waals surface area contributed by atoms with Crippen LogP contribution in [0.1, 0.15) is 19.3 Å². The van der Waals surface area contributed by atoms with Gasteiger partial charge < -0.3 is 10.4 Å². The van der Waals surface area contributed by atoms with Crippen LogP contribution in [0.2, 0.25) is 0 Å². The van der Waals surface area contributed by atoms with Crippen molar-refractivity contribution in [1.29, 1.82) is 0 Å². The van der Waals surface area contributed by atoms with Gasteiger partial charge in [-0.05, 0) is 24.7 Å². The van der Waals surface area contributed by atoms with Crippen LogP contribution < -0.4 is 5.32 Å². The lowest BCUT2D eigenvalue weighted by atomic mass is 9.69.